The first-order valence-electron chi connectivity index (χ1n) is 8.86. The molecule has 4 nitrogen and oxygen atoms in total. The van der Waals surface area contributed by atoms with Crippen LogP contribution in [0.2, 0.25) is 0 Å². The second-order valence-corrected chi connectivity index (χ2v) is 9.23. The molecule has 0 bridgehead atoms. The van der Waals surface area contributed by atoms with Crippen LogP contribution in [-0.4, -0.2) is 48.8 Å². The minimum Gasteiger partial charge on any atom is -0.294 e. The molecule has 0 radical (unpaired) electrons. The molecule has 0 unspecified atom stereocenters. The lowest BCUT2D eigenvalue weighted by Crippen LogP contribution is -2.52. The van der Waals surface area contributed by atoms with Gasteiger partial charge in [0.2, 0.25) is 10.0 Å². The van der Waals surface area contributed by atoms with Gasteiger partial charge in [0.15, 0.2) is 0 Å². The quantitative estimate of drug-likeness (QED) is 0.835. The van der Waals surface area contributed by atoms with Gasteiger partial charge in [0.1, 0.15) is 5.82 Å². The first-order valence-corrected chi connectivity index (χ1v) is 10.5. The minimum absolute atomic E-state index is 0.0505. The zero-order valence-electron chi connectivity index (χ0n) is 14.5. The van der Waals surface area contributed by atoms with E-state index in [9.17, 15) is 12.8 Å². The maximum absolute atomic E-state index is 13.0. The van der Waals surface area contributed by atoms with Gasteiger partial charge in [0.25, 0.3) is 0 Å². The third-order valence-corrected chi connectivity index (χ3v) is 7.27. The molecule has 24 heavy (non-hydrogen) atoms. The molecule has 1 aromatic carbocycles. The molecule has 2 aliphatic rings. The van der Waals surface area contributed by atoms with Crippen LogP contribution < -0.4 is 0 Å². The van der Waals surface area contributed by atoms with Gasteiger partial charge in [-0.2, -0.15) is 0 Å². The predicted molar refractivity (Wildman–Crippen MR) is 93.6 cm³/mol. The summed E-state index contributed by atoms with van der Waals surface area (Å²) in [5.41, 5.74) is 0.640. The fourth-order valence-electron chi connectivity index (χ4n) is 4.23. The summed E-state index contributed by atoms with van der Waals surface area (Å²) in [6, 6.07) is 7.12. The fraction of sp³-hybridized carbons (Fsp3) is 0.667. The van der Waals surface area contributed by atoms with Crippen LogP contribution in [0.3, 0.4) is 0 Å². The third kappa shape index (κ3) is 3.81. The SMILES string of the molecule is C[C@@H]1CC[C@H](C)N1[C@H]1CCCN(S(=O)(=O)Cc2ccc(F)cc2)C1. The van der Waals surface area contributed by atoms with E-state index in [1.807, 2.05) is 0 Å². The average Bonchev–Trinajstić information content (AvgIpc) is 2.88. The van der Waals surface area contributed by atoms with Crippen molar-refractivity contribution in [3.8, 4) is 0 Å². The molecule has 0 spiro atoms. The van der Waals surface area contributed by atoms with Gasteiger partial charge in [-0.05, 0) is 57.2 Å². The minimum atomic E-state index is -3.36. The van der Waals surface area contributed by atoms with Crippen LogP contribution in [0.1, 0.15) is 45.1 Å². The molecular formula is C18H27FN2O2S. The van der Waals surface area contributed by atoms with Crippen molar-refractivity contribution in [1.82, 2.24) is 9.21 Å². The van der Waals surface area contributed by atoms with Crippen molar-refractivity contribution in [2.45, 2.75) is 63.4 Å². The lowest BCUT2D eigenvalue weighted by atomic mass is 10.0. The monoisotopic (exact) mass is 354 g/mol. The molecule has 3 rings (SSSR count). The van der Waals surface area contributed by atoms with Gasteiger partial charge < -0.3 is 0 Å². The van der Waals surface area contributed by atoms with Crippen LogP contribution in [0.25, 0.3) is 0 Å². The lowest BCUT2D eigenvalue weighted by Gasteiger charge is -2.41. The molecule has 0 aromatic heterocycles. The molecule has 2 aliphatic heterocycles. The summed E-state index contributed by atoms with van der Waals surface area (Å²) >= 11 is 0. The first kappa shape index (κ1) is 17.8. The zero-order chi connectivity index (χ0) is 17.3. The number of nitrogens with zero attached hydrogens (tertiary/aromatic N) is 2. The van der Waals surface area contributed by atoms with Gasteiger partial charge in [-0.1, -0.05) is 12.1 Å². The molecule has 0 N–H and O–H groups in total. The van der Waals surface area contributed by atoms with Gasteiger partial charge in [-0.3, -0.25) is 4.90 Å². The molecule has 2 saturated heterocycles. The third-order valence-electron chi connectivity index (χ3n) is 5.46. The Balaban J connectivity index is 1.70. The second-order valence-electron chi connectivity index (χ2n) is 7.26. The zero-order valence-corrected chi connectivity index (χ0v) is 15.3. The highest BCUT2D eigenvalue weighted by molar-refractivity contribution is 7.88. The average molecular weight is 354 g/mol. The molecular weight excluding hydrogens is 327 g/mol. The normalized spacial score (nSPS) is 29.9. The predicted octanol–water partition coefficient (Wildman–Crippen LogP) is 2.99. The summed E-state index contributed by atoms with van der Waals surface area (Å²) in [6.45, 7) is 5.67. The van der Waals surface area contributed by atoms with E-state index in [2.05, 4.69) is 18.7 Å². The van der Waals surface area contributed by atoms with E-state index in [1.54, 1.807) is 16.4 Å². The van der Waals surface area contributed by atoms with Crippen LogP contribution in [0.4, 0.5) is 4.39 Å². The van der Waals surface area contributed by atoms with Gasteiger partial charge in [-0.25, -0.2) is 17.1 Å². The van der Waals surface area contributed by atoms with Crippen molar-refractivity contribution in [3.63, 3.8) is 0 Å². The Morgan fingerprint density at radius 1 is 1.08 bits per heavy atom. The van der Waals surface area contributed by atoms with E-state index in [1.165, 1.54) is 25.0 Å². The molecule has 6 heteroatoms. The van der Waals surface area contributed by atoms with Gasteiger partial charge in [-0.15, -0.1) is 0 Å². The maximum Gasteiger partial charge on any atom is 0.218 e. The Kier molecular flexibility index (Phi) is 5.27. The number of piperidine rings is 1. The van der Waals surface area contributed by atoms with Crippen molar-refractivity contribution >= 4 is 10.0 Å². The Morgan fingerprint density at radius 2 is 1.71 bits per heavy atom. The molecule has 0 aliphatic carbocycles. The van der Waals surface area contributed by atoms with Crippen LogP contribution >= 0.6 is 0 Å². The highest BCUT2D eigenvalue weighted by atomic mass is 32.2. The highest BCUT2D eigenvalue weighted by Gasteiger charge is 2.37. The van der Waals surface area contributed by atoms with Gasteiger partial charge in [0, 0.05) is 31.2 Å². The number of hydrogen-bond acceptors (Lipinski definition) is 3. The smallest absolute Gasteiger partial charge is 0.218 e. The highest BCUT2D eigenvalue weighted by Crippen LogP contribution is 2.30. The Labute approximate surface area is 144 Å². The van der Waals surface area contributed by atoms with Crippen molar-refractivity contribution < 1.29 is 12.8 Å². The van der Waals surface area contributed by atoms with Crippen LogP contribution in [-0.2, 0) is 15.8 Å². The number of halogens is 1. The van der Waals surface area contributed by atoms with E-state index < -0.39 is 10.0 Å². The topological polar surface area (TPSA) is 40.6 Å². The van der Waals surface area contributed by atoms with Crippen molar-refractivity contribution in [3.05, 3.63) is 35.6 Å². The number of sulfonamides is 1. The molecule has 134 valence electrons. The summed E-state index contributed by atoms with van der Waals surface area (Å²) in [5, 5.41) is 0. The Hall–Kier alpha value is -0.980. The largest absolute Gasteiger partial charge is 0.294 e. The Morgan fingerprint density at radius 3 is 2.33 bits per heavy atom. The molecule has 0 amide bonds. The number of hydrogen-bond donors (Lipinski definition) is 0. The van der Waals surface area contributed by atoms with E-state index in [0.29, 0.717) is 36.8 Å². The maximum atomic E-state index is 13.0. The fourth-order valence-corrected chi connectivity index (χ4v) is 5.84. The molecule has 1 aromatic rings. The lowest BCUT2D eigenvalue weighted by molar-refractivity contribution is 0.0979. The van der Waals surface area contributed by atoms with Crippen molar-refractivity contribution in [1.29, 1.82) is 0 Å². The van der Waals surface area contributed by atoms with E-state index in [4.69, 9.17) is 0 Å². The van der Waals surface area contributed by atoms with E-state index in [0.717, 1.165) is 12.8 Å². The number of benzene rings is 1. The van der Waals surface area contributed by atoms with Gasteiger partial charge >= 0.3 is 0 Å². The van der Waals surface area contributed by atoms with Crippen molar-refractivity contribution in [2.75, 3.05) is 13.1 Å². The summed E-state index contributed by atoms with van der Waals surface area (Å²) in [4.78, 5) is 2.51. The molecule has 0 saturated carbocycles. The summed E-state index contributed by atoms with van der Waals surface area (Å²) in [5.74, 6) is -0.392. The number of likely N-dealkylation sites (tertiary alicyclic amines) is 1. The number of rotatable bonds is 4. The van der Waals surface area contributed by atoms with Crippen LogP contribution in [0, 0.1) is 5.82 Å². The summed E-state index contributed by atoms with van der Waals surface area (Å²) < 4.78 is 40.2. The standard InChI is InChI=1S/C18H27FN2O2S/c1-14-5-6-15(2)21(14)18-4-3-11-20(12-18)24(22,23)13-16-7-9-17(19)10-8-16/h7-10,14-15,18H,3-6,11-13H2,1-2H3/t14-,15+,18-/m0/s1. The molecule has 3 atom stereocenters. The van der Waals surface area contributed by atoms with E-state index in [-0.39, 0.29) is 11.6 Å². The summed E-state index contributed by atoms with van der Waals surface area (Å²) in [6.07, 6.45) is 4.36. The first-order chi connectivity index (χ1) is 11.4. The molecule has 2 fully saturated rings. The van der Waals surface area contributed by atoms with Gasteiger partial charge in [0.05, 0.1) is 5.75 Å². The van der Waals surface area contributed by atoms with Crippen molar-refractivity contribution in [2.24, 2.45) is 0 Å². The molecule has 2 heterocycles. The summed E-state index contributed by atoms with van der Waals surface area (Å²) in [7, 11) is -3.36. The van der Waals surface area contributed by atoms with Crippen LogP contribution in [0.5, 0.6) is 0 Å². The van der Waals surface area contributed by atoms with Crippen LogP contribution in [0.15, 0.2) is 24.3 Å². The van der Waals surface area contributed by atoms with E-state index >= 15 is 0 Å². The Bertz CT molecular complexity index is 652. The second kappa shape index (κ2) is 7.10.